The van der Waals surface area contributed by atoms with Crippen molar-refractivity contribution in [2.75, 3.05) is 6.54 Å². The number of aromatic nitrogens is 1. The van der Waals surface area contributed by atoms with E-state index >= 15 is 0 Å². The Bertz CT molecular complexity index is 614. The first-order valence-electron chi connectivity index (χ1n) is 6.09. The molecule has 0 saturated carbocycles. The minimum Gasteiger partial charge on any atom is -0.351 e. The lowest BCUT2D eigenvalue weighted by Gasteiger charge is -2.05. The van der Waals surface area contributed by atoms with Gasteiger partial charge in [0.2, 0.25) is 0 Å². The summed E-state index contributed by atoms with van der Waals surface area (Å²) in [7, 11) is 0. The number of hydrogen-bond acceptors (Lipinski definition) is 4. The van der Waals surface area contributed by atoms with Crippen LogP contribution in [-0.2, 0) is 6.42 Å². The summed E-state index contributed by atoms with van der Waals surface area (Å²) in [5, 5.41) is 13.5. The molecule has 0 unspecified atom stereocenters. The Kier molecular flexibility index (Phi) is 4.39. The highest BCUT2D eigenvalue weighted by atomic mass is 16.6. The van der Waals surface area contributed by atoms with Crippen molar-refractivity contribution in [3.05, 3.63) is 70.0 Å². The van der Waals surface area contributed by atoms with E-state index in [1.54, 1.807) is 18.5 Å². The van der Waals surface area contributed by atoms with E-state index in [-0.39, 0.29) is 11.3 Å². The average Bonchev–Trinajstić information content (AvgIpc) is 2.48. The summed E-state index contributed by atoms with van der Waals surface area (Å²) in [4.78, 5) is 26.2. The van der Waals surface area contributed by atoms with Crippen molar-refractivity contribution >= 4 is 11.6 Å². The molecule has 1 amide bonds. The topological polar surface area (TPSA) is 85.1 Å². The Hall–Kier alpha value is -2.76. The smallest absolute Gasteiger partial charge is 0.282 e. The van der Waals surface area contributed by atoms with Crippen LogP contribution in [0.25, 0.3) is 0 Å². The van der Waals surface area contributed by atoms with Crippen molar-refractivity contribution < 1.29 is 9.72 Å². The van der Waals surface area contributed by atoms with Crippen molar-refractivity contribution in [3.8, 4) is 0 Å². The molecule has 0 spiro atoms. The summed E-state index contributed by atoms with van der Waals surface area (Å²) in [5.41, 5.74) is 0.880. The highest BCUT2D eigenvalue weighted by molar-refractivity contribution is 5.98. The maximum atomic E-state index is 11.9. The zero-order valence-corrected chi connectivity index (χ0v) is 10.7. The van der Waals surface area contributed by atoms with Crippen LogP contribution < -0.4 is 5.32 Å². The van der Waals surface area contributed by atoms with E-state index in [2.05, 4.69) is 10.3 Å². The van der Waals surface area contributed by atoms with Crippen LogP contribution in [0, 0.1) is 10.1 Å². The van der Waals surface area contributed by atoms with Gasteiger partial charge < -0.3 is 5.32 Å². The van der Waals surface area contributed by atoms with Gasteiger partial charge in [-0.3, -0.25) is 19.9 Å². The highest BCUT2D eigenvalue weighted by Gasteiger charge is 2.18. The maximum absolute atomic E-state index is 11.9. The lowest BCUT2D eigenvalue weighted by molar-refractivity contribution is -0.385. The van der Waals surface area contributed by atoms with Crippen molar-refractivity contribution in [3.63, 3.8) is 0 Å². The normalized spacial score (nSPS) is 10.0. The number of benzene rings is 1. The molecule has 1 N–H and O–H groups in total. The number of nitro groups is 1. The molecule has 20 heavy (non-hydrogen) atoms. The summed E-state index contributed by atoms with van der Waals surface area (Å²) < 4.78 is 0. The predicted octanol–water partition coefficient (Wildman–Crippen LogP) is 1.96. The van der Waals surface area contributed by atoms with Crippen molar-refractivity contribution in [2.45, 2.75) is 6.42 Å². The molecule has 0 radical (unpaired) electrons. The number of pyridine rings is 1. The first kappa shape index (κ1) is 13.7. The fraction of sp³-hybridized carbons (Fsp3) is 0.143. The monoisotopic (exact) mass is 271 g/mol. The van der Waals surface area contributed by atoms with Gasteiger partial charge in [0.25, 0.3) is 11.6 Å². The van der Waals surface area contributed by atoms with Gasteiger partial charge in [-0.15, -0.1) is 0 Å². The average molecular weight is 271 g/mol. The van der Waals surface area contributed by atoms with Crippen LogP contribution in [0.1, 0.15) is 15.9 Å². The largest absolute Gasteiger partial charge is 0.351 e. The molecule has 2 aromatic rings. The van der Waals surface area contributed by atoms with Gasteiger partial charge in [-0.25, -0.2) is 0 Å². The van der Waals surface area contributed by atoms with Crippen molar-refractivity contribution in [2.24, 2.45) is 0 Å². The fourth-order valence-electron chi connectivity index (χ4n) is 1.79. The molecule has 0 aliphatic heterocycles. The van der Waals surface area contributed by atoms with Crippen molar-refractivity contribution in [1.82, 2.24) is 10.3 Å². The van der Waals surface area contributed by atoms with Crippen LogP contribution in [0.5, 0.6) is 0 Å². The molecule has 1 aromatic carbocycles. The zero-order chi connectivity index (χ0) is 14.4. The summed E-state index contributed by atoms with van der Waals surface area (Å²) in [6.07, 6.45) is 4.02. The lowest BCUT2D eigenvalue weighted by Crippen LogP contribution is -2.26. The van der Waals surface area contributed by atoms with Crippen molar-refractivity contribution in [1.29, 1.82) is 0 Å². The van der Waals surface area contributed by atoms with Gasteiger partial charge in [0.1, 0.15) is 5.56 Å². The molecule has 6 heteroatoms. The van der Waals surface area contributed by atoms with E-state index < -0.39 is 10.8 Å². The minimum atomic E-state index is -0.559. The van der Waals surface area contributed by atoms with Crippen LogP contribution in [0.15, 0.2) is 48.8 Å². The number of amides is 1. The second-order valence-electron chi connectivity index (χ2n) is 4.14. The Morgan fingerprint density at radius 1 is 1.25 bits per heavy atom. The predicted molar refractivity (Wildman–Crippen MR) is 73.4 cm³/mol. The number of rotatable bonds is 5. The Balaban J connectivity index is 1.97. The maximum Gasteiger partial charge on any atom is 0.282 e. The molecule has 1 heterocycles. The zero-order valence-electron chi connectivity index (χ0n) is 10.7. The summed E-state index contributed by atoms with van der Waals surface area (Å²) in [5.74, 6) is -0.443. The van der Waals surface area contributed by atoms with E-state index in [1.165, 1.54) is 18.2 Å². The van der Waals surface area contributed by atoms with Gasteiger partial charge in [-0.05, 0) is 24.1 Å². The fourth-order valence-corrected chi connectivity index (χ4v) is 1.79. The van der Waals surface area contributed by atoms with E-state index in [1.807, 2.05) is 12.1 Å². The van der Waals surface area contributed by atoms with Gasteiger partial charge in [0.15, 0.2) is 0 Å². The number of carbonyl (C=O) groups is 1. The van der Waals surface area contributed by atoms with Crippen LogP contribution in [0.2, 0.25) is 0 Å². The van der Waals surface area contributed by atoms with E-state index in [4.69, 9.17) is 0 Å². The molecular formula is C14H13N3O3. The molecule has 0 aliphatic rings. The number of para-hydroxylation sites is 1. The number of carbonyl (C=O) groups excluding carboxylic acids is 1. The molecule has 1 aromatic heterocycles. The van der Waals surface area contributed by atoms with Gasteiger partial charge in [-0.1, -0.05) is 18.2 Å². The first-order valence-corrected chi connectivity index (χ1v) is 6.09. The first-order chi connectivity index (χ1) is 9.68. The lowest BCUT2D eigenvalue weighted by atomic mass is 10.1. The van der Waals surface area contributed by atoms with Crippen LogP contribution in [-0.4, -0.2) is 22.4 Å². The summed E-state index contributed by atoms with van der Waals surface area (Å²) >= 11 is 0. The standard InChI is InChI=1S/C14H13N3O3/c18-14(12-5-1-2-6-13(12)17(19)20)16-9-7-11-4-3-8-15-10-11/h1-6,8,10H,7,9H2,(H,16,18). The number of nitrogens with zero attached hydrogens (tertiary/aromatic N) is 2. The molecule has 0 aliphatic carbocycles. The third-order valence-electron chi connectivity index (χ3n) is 2.77. The van der Waals surface area contributed by atoms with Crippen LogP contribution in [0.4, 0.5) is 5.69 Å². The minimum absolute atomic E-state index is 0.0729. The Morgan fingerprint density at radius 3 is 2.75 bits per heavy atom. The van der Waals surface area contributed by atoms with E-state index in [9.17, 15) is 14.9 Å². The van der Waals surface area contributed by atoms with Gasteiger partial charge >= 0.3 is 0 Å². The SMILES string of the molecule is O=C(NCCc1cccnc1)c1ccccc1[N+](=O)[O-]. The van der Waals surface area contributed by atoms with Crippen LogP contribution in [0.3, 0.4) is 0 Å². The molecule has 102 valence electrons. The number of nitro benzene ring substituents is 1. The second-order valence-corrected chi connectivity index (χ2v) is 4.14. The Labute approximate surface area is 115 Å². The third kappa shape index (κ3) is 3.38. The quantitative estimate of drug-likeness (QED) is 0.665. The van der Waals surface area contributed by atoms with E-state index in [0.29, 0.717) is 13.0 Å². The van der Waals surface area contributed by atoms with Gasteiger partial charge in [-0.2, -0.15) is 0 Å². The molecular weight excluding hydrogens is 258 g/mol. The molecule has 0 atom stereocenters. The number of nitrogens with one attached hydrogen (secondary N) is 1. The van der Waals surface area contributed by atoms with Gasteiger partial charge in [0.05, 0.1) is 4.92 Å². The molecule has 0 fully saturated rings. The highest BCUT2D eigenvalue weighted by Crippen LogP contribution is 2.17. The third-order valence-corrected chi connectivity index (χ3v) is 2.77. The van der Waals surface area contributed by atoms with Gasteiger partial charge in [0, 0.05) is 25.0 Å². The summed E-state index contributed by atoms with van der Waals surface area (Å²) in [6, 6.07) is 9.62. The second kappa shape index (κ2) is 6.42. The molecule has 0 bridgehead atoms. The summed E-state index contributed by atoms with van der Waals surface area (Å²) in [6.45, 7) is 0.399. The molecule has 0 saturated heterocycles. The molecule has 2 rings (SSSR count). The number of hydrogen-bond donors (Lipinski definition) is 1. The van der Waals surface area contributed by atoms with Crippen LogP contribution >= 0.6 is 0 Å². The van der Waals surface area contributed by atoms with E-state index in [0.717, 1.165) is 5.56 Å². The Morgan fingerprint density at radius 2 is 2.05 bits per heavy atom. The molecule has 6 nitrogen and oxygen atoms in total.